The van der Waals surface area contributed by atoms with Gasteiger partial charge in [0.1, 0.15) is 13.2 Å². The molecule has 0 rings (SSSR count). The molecule has 0 aliphatic heterocycles. The van der Waals surface area contributed by atoms with E-state index in [0.717, 1.165) is 77.0 Å². The van der Waals surface area contributed by atoms with Crippen LogP contribution in [0, 0.1) is 0 Å². The van der Waals surface area contributed by atoms with E-state index in [1.54, 1.807) is 0 Å². The van der Waals surface area contributed by atoms with Crippen LogP contribution in [0.25, 0.3) is 0 Å². The van der Waals surface area contributed by atoms with Crippen LogP contribution in [0.4, 0.5) is 0 Å². The number of allylic oxidation sites excluding steroid dienone is 4. The standard InChI is InChI=1S/C68H128O6/c1-4-7-10-13-16-19-22-25-27-28-29-30-31-32-33-34-35-36-37-38-39-40-42-43-46-49-52-55-58-61-67(70)73-64-65(63-72-66(69)60-57-54-51-48-45-24-21-18-15-12-9-6-3)74-68(71)62-59-56-53-50-47-44-41-26-23-20-17-14-11-8-5-2/h17,20,26,41,65H,4-16,18-19,21-25,27-40,42-64H2,1-3H3/b20-17-,41-26-. The summed E-state index contributed by atoms with van der Waals surface area (Å²) in [7, 11) is 0. The summed E-state index contributed by atoms with van der Waals surface area (Å²) in [5.41, 5.74) is 0. The van der Waals surface area contributed by atoms with Crippen molar-refractivity contribution in [3.63, 3.8) is 0 Å². The van der Waals surface area contributed by atoms with E-state index >= 15 is 0 Å². The van der Waals surface area contributed by atoms with Crippen LogP contribution < -0.4 is 0 Å². The Hall–Kier alpha value is -2.11. The lowest BCUT2D eigenvalue weighted by Crippen LogP contribution is -2.30. The topological polar surface area (TPSA) is 78.9 Å². The molecule has 1 atom stereocenters. The first kappa shape index (κ1) is 71.9. The lowest BCUT2D eigenvalue weighted by Gasteiger charge is -2.18. The van der Waals surface area contributed by atoms with Crippen LogP contribution in [-0.2, 0) is 28.6 Å². The van der Waals surface area contributed by atoms with Gasteiger partial charge in [0.05, 0.1) is 0 Å². The second-order valence-corrected chi connectivity index (χ2v) is 22.7. The number of carbonyl (C=O) groups excluding carboxylic acids is 3. The molecule has 0 aromatic heterocycles. The van der Waals surface area contributed by atoms with E-state index in [-0.39, 0.29) is 31.1 Å². The number of hydrogen-bond acceptors (Lipinski definition) is 6. The molecule has 436 valence electrons. The SMILES string of the molecule is CCCCC/C=C\C/C=C\CCCCCCCC(=O)OC(COC(=O)CCCCCCCCCCCCCC)COC(=O)CCCCCCCCCCCCCCCCCCCCCCCCCCCCCCC. The summed E-state index contributed by atoms with van der Waals surface area (Å²) < 4.78 is 16.9. The van der Waals surface area contributed by atoms with Crippen molar-refractivity contribution in [1.82, 2.24) is 0 Å². The number of unbranched alkanes of at least 4 members (excludes halogenated alkanes) is 47. The fraction of sp³-hybridized carbons (Fsp3) is 0.897. The van der Waals surface area contributed by atoms with Crippen molar-refractivity contribution in [2.45, 2.75) is 380 Å². The predicted molar refractivity (Wildman–Crippen MR) is 321 cm³/mol. The first-order valence-corrected chi connectivity index (χ1v) is 33.3. The Kier molecular flexibility index (Phi) is 61.6. The summed E-state index contributed by atoms with van der Waals surface area (Å²) in [5.74, 6) is -0.860. The van der Waals surface area contributed by atoms with E-state index in [4.69, 9.17) is 14.2 Å². The Labute approximate surface area is 462 Å². The maximum atomic E-state index is 12.9. The molecule has 74 heavy (non-hydrogen) atoms. The van der Waals surface area contributed by atoms with Gasteiger partial charge in [-0.3, -0.25) is 14.4 Å². The summed E-state index contributed by atoms with van der Waals surface area (Å²) in [4.78, 5) is 38.2. The zero-order valence-electron chi connectivity index (χ0n) is 50.1. The minimum absolute atomic E-state index is 0.0712. The summed E-state index contributed by atoms with van der Waals surface area (Å²) in [6.45, 7) is 6.66. The van der Waals surface area contributed by atoms with Gasteiger partial charge in [0.25, 0.3) is 0 Å². The summed E-state index contributed by atoms with van der Waals surface area (Å²) in [6.07, 6.45) is 76.4. The Bertz CT molecular complexity index is 1190. The first-order chi connectivity index (χ1) is 36.5. The Balaban J connectivity index is 4.12. The van der Waals surface area contributed by atoms with Crippen LogP contribution in [0.1, 0.15) is 374 Å². The molecule has 0 fully saturated rings. The molecule has 1 unspecified atom stereocenters. The Morgan fingerprint density at radius 3 is 0.770 bits per heavy atom. The van der Waals surface area contributed by atoms with Gasteiger partial charge in [-0.15, -0.1) is 0 Å². The normalized spacial score (nSPS) is 12.1. The Morgan fingerprint density at radius 2 is 0.486 bits per heavy atom. The third-order valence-corrected chi connectivity index (χ3v) is 15.2. The van der Waals surface area contributed by atoms with Crippen molar-refractivity contribution >= 4 is 17.9 Å². The van der Waals surface area contributed by atoms with E-state index in [1.807, 2.05) is 0 Å². The third kappa shape index (κ3) is 60.8. The van der Waals surface area contributed by atoms with Crippen LogP contribution in [0.2, 0.25) is 0 Å². The van der Waals surface area contributed by atoms with Crippen molar-refractivity contribution in [1.29, 1.82) is 0 Å². The molecule has 0 radical (unpaired) electrons. The number of ether oxygens (including phenoxy) is 3. The van der Waals surface area contributed by atoms with Crippen LogP contribution in [-0.4, -0.2) is 37.2 Å². The molecule has 6 heteroatoms. The highest BCUT2D eigenvalue weighted by molar-refractivity contribution is 5.71. The highest BCUT2D eigenvalue weighted by Gasteiger charge is 2.19. The largest absolute Gasteiger partial charge is 0.462 e. The van der Waals surface area contributed by atoms with E-state index in [1.165, 1.54) is 257 Å². The Morgan fingerprint density at radius 1 is 0.270 bits per heavy atom. The fourth-order valence-electron chi connectivity index (χ4n) is 10.2. The highest BCUT2D eigenvalue weighted by Crippen LogP contribution is 2.18. The van der Waals surface area contributed by atoms with E-state index in [2.05, 4.69) is 45.1 Å². The molecular weight excluding hydrogens is 913 g/mol. The van der Waals surface area contributed by atoms with E-state index in [9.17, 15) is 14.4 Å². The lowest BCUT2D eigenvalue weighted by molar-refractivity contribution is -0.167. The van der Waals surface area contributed by atoms with Crippen LogP contribution in [0.15, 0.2) is 24.3 Å². The molecule has 0 bridgehead atoms. The predicted octanol–water partition coefficient (Wildman–Crippen LogP) is 22.6. The van der Waals surface area contributed by atoms with Crippen molar-refractivity contribution < 1.29 is 28.6 Å². The van der Waals surface area contributed by atoms with Crippen molar-refractivity contribution in [3.8, 4) is 0 Å². The smallest absolute Gasteiger partial charge is 0.306 e. The molecule has 0 aliphatic carbocycles. The van der Waals surface area contributed by atoms with Gasteiger partial charge in [0, 0.05) is 19.3 Å². The fourth-order valence-corrected chi connectivity index (χ4v) is 10.2. The zero-order valence-corrected chi connectivity index (χ0v) is 50.1. The average Bonchev–Trinajstić information content (AvgIpc) is 3.40. The van der Waals surface area contributed by atoms with Gasteiger partial charge in [-0.25, -0.2) is 0 Å². The zero-order chi connectivity index (χ0) is 53.6. The number of esters is 3. The summed E-state index contributed by atoms with van der Waals surface area (Å²) in [6, 6.07) is 0. The first-order valence-electron chi connectivity index (χ1n) is 33.3. The van der Waals surface area contributed by atoms with Gasteiger partial charge in [0.15, 0.2) is 6.10 Å². The molecule has 0 aromatic rings. The molecule has 0 aromatic carbocycles. The second-order valence-electron chi connectivity index (χ2n) is 22.7. The molecular formula is C68H128O6. The minimum Gasteiger partial charge on any atom is -0.462 e. The van der Waals surface area contributed by atoms with Gasteiger partial charge in [-0.2, -0.15) is 0 Å². The highest BCUT2D eigenvalue weighted by atomic mass is 16.6. The molecule has 0 aliphatic rings. The molecule has 6 nitrogen and oxygen atoms in total. The van der Waals surface area contributed by atoms with E-state index < -0.39 is 6.10 Å². The van der Waals surface area contributed by atoms with Gasteiger partial charge in [-0.1, -0.05) is 328 Å². The summed E-state index contributed by atoms with van der Waals surface area (Å²) >= 11 is 0. The third-order valence-electron chi connectivity index (χ3n) is 15.2. The number of hydrogen-bond donors (Lipinski definition) is 0. The minimum atomic E-state index is -0.774. The van der Waals surface area contributed by atoms with E-state index in [0.29, 0.717) is 19.3 Å². The van der Waals surface area contributed by atoms with Crippen molar-refractivity contribution in [2.75, 3.05) is 13.2 Å². The molecule has 0 spiro atoms. The number of rotatable bonds is 62. The monoisotopic (exact) mass is 1040 g/mol. The van der Waals surface area contributed by atoms with Crippen LogP contribution >= 0.6 is 0 Å². The van der Waals surface area contributed by atoms with Gasteiger partial charge < -0.3 is 14.2 Å². The summed E-state index contributed by atoms with van der Waals surface area (Å²) in [5, 5.41) is 0. The van der Waals surface area contributed by atoms with Gasteiger partial charge in [0.2, 0.25) is 0 Å². The molecule has 0 saturated heterocycles. The molecule has 0 amide bonds. The van der Waals surface area contributed by atoms with Crippen molar-refractivity contribution in [3.05, 3.63) is 24.3 Å². The maximum absolute atomic E-state index is 12.9. The molecule has 0 N–H and O–H groups in total. The number of carbonyl (C=O) groups is 3. The molecule has 0 saturated carbocycles. The van der Waals surface area contributed by atoms with Crippen LogP contribution in [0.5, 0.6) is 0 Å². The maximum Gasteiger partial charge on any atom is 0.306 e. The molecule has 0 heterocycles. The second kappa shape index (κ2) is 63.4. The average molecular weight is 1040 g/mol. The van der Waals surface area contributed by atoms with Crippen molar-refractivity contribution in [2.24, 2.45) is 0 Å². The quantitative estimate of drug-likeness (QED) is 0.0261. The van der Waals surface area contributed by atoms with Gasteiger partial charge >= 0.3 is 17.9 Å². The van der Waals surface area contributed by atoms with Gasteiger partial charge in [-0.05, 0) is 51.4 Å². The van der Waals surface area contributed by atoms with Crippen LogP contribution in [0.3, 0.4) is 0 Å². The lowest BCUT2D eigenvalue weighted by atomic mass is 10.0.